The molecular formula is C7H4BrN3O5. The Morgan fingerprint density at radius 1 is 1.19 bits per heavy atom. The monoisotopic (exact) mass is 289 g/mol. The smallest absolute Gasteiger partial charge is 0.291 e. The number of rotatable bonds is 3. The molecule has 0 spiro atoms. The van der Waals surface area contributed by atoms with Gasteiger partial charge in [0.2, 0.25) is 5.91 Å². The summed E-state index contributed by atoms with van der Waals surface area (Å²) in [5, 5.41) is 21.1. The highest BCUT2D eigenvalue weighted by Gasteiger charge is 2.25. The lowest BCUT2D eigenvalue weighted by Gasteiger charge is -2.00. The standard InChI is InChI=1S/C7H4BrN3O5/c8-6-4(10(13)14)1-3(7(9)12)2-5(6)11(15)16/h1-2H,(H2,9,12). The lowest BCUT2D eigenvalue weighted by atomic mass is 10.1. The highest BCUT2D eigenvalue weighted by Crippen LogP contribution is 2.34. The van der Waals surface area contributed by atoms with Crippen LogP contribution in [-0.4, -0.2) is 15.8 Å². The van der Waals surface area contributed by atoms with Crippen molar-refractivity contribution in [3.63, 3.8) is 0 Å². The van der Waals surface area contributed by atoms with Crippen molar-refractivity contribution in [2.24, 2.45) is 5.73 Å². The number of nitrogens with zero attached hydrogens (tertiary/aromatic N) is 2. The molecule has 16 heavy (non-hydrogen) atoms. The predicted molar refractivity (Wildman–Crippen MR) is 56.0 cm³/mol. The van der Waals surface area contributed by atoms with E-state index in [4.69, 9.17) is 5.73 Å². The van der Waals surface area contributed by atoms with Crippen LogP contribution < -0.4 is 5.73 Å². The molecule has 0 unspecified atom stereocenters. The van der Waals surface area contributed by atoms with E-state index in [0.29, 0.717) is 0 Å². The van der Waals surface area contributed by atoms with Crippen LogP contribution in [0.25, 0.3) is 0 Å². The van der Waals surface area contributed by atoms with Crippen molar-refractivity contribution in [3.8, 4) is 0 Å². The fourth-order valence-electron chi connectivity index (χ4n) is 1.00. The number of nitro groups is 2. The first kappa shape index (κ1) is 12.0. The van der Waals surface area contributed by atoms with Crippen LogP contribution >= 0.6 is 15.9 Å². The number of amides is 1. The molecular weight excluding hydrogens is 286 g/mol. The Labute approximate surface area is 96.5 Å². The van der Waals surface area contributed by atoms with Gasteiger partial charge in [0.15, 0.2) is 4.47 Å². The fourth-order valence-corrected chi connectivity index (χ4v) is 1.52. The van der Waals surface area contributed by atoms with E-state index < -0.39 is 27.1 Å². The molecule has 0 aliphatic heterocycles. The number of halogens is 1. The number of nitro benzene ring substituents is 2. The van der Waals surface area contributed by atoms with E-state index in [1.165, 1.54) is 0 Å². The molecule has 0 atom stereocenters. The summed E-state index contributed by atoms with van der Waals surface area (Å²) in [5.74, 6) is -0.973. The molecule has 0 aromatic heterocycles. The van der Waals surface area contributed by atoms with E-state index in [1.807, 2.05) is 0 Å². The minimum Gasteiger partial charge on any atom is -0.366 e. The maximum Gasteiger partial charge on any atom is 0.291 e. The van der Waals surface area contributed by atoms with E-state index in [1.54, 1.807) is 0 Å². The van der Waals surface area contributed by atoms with Crippen molar-refractivity contribution in [1.82, 2.24) is 0 Å². The fraction of sp³-hybridized carbons (Fsp3) is 0. The zero-order chi connectivity index (χ0) is 12.5. The summed E-state index contributed by atoms with van der Waals surface area (Å²) in [4.78, 5) is 30.3. The molecule has 1 amide bonds. The van der Waals surface area contributed by atoms with Gasteiger partial charge in [-0.05, 0) is 15.9 Å². The Morgan fingerprint density at radius 2 is 1.56 bits per heavy atom. The lowest BCUT2D eigenvalue weighted by Crippen LogP contribution is -2.12. The first-order valence-corrected chi connectivity index (χ1v) is 4.56. The zero-order valence-corrected chi connectivity index (χ0v) is 9.13. The maximum atomic E-state index is 10.8. The molecule has 0 saturated carbocycles. The quantitative estimate of drug-likeness (QED) is 0.663. The number of hydrogen-bond acceptors (Lipinski definition) is 5. The van der Waals surface area contributed by atoms with Crippen LogP contribution in [0.4, 0.5) is 11.4 Å². The molecule has 0 heterocycles. The second-order valence-corrected chi connectivity index (χ2v) is 3.50. The third-order valence-corrected chi connectivity index (χ3v) is 2.52. The minimum absolute atomic E-state index is 0.290. The van der Waals surface area contributed by atoms with Gasteiger partial charge in [0.1, 0.15) is 0 Å². The van der Waals surface area contributed by atoms with E-state index >= 15 is 0 Å². The first-order chi connectivity index (χ1) is 7.34. The highest BCUT2D eigenvalue weighted by atomic mass is 79.9. The second-order valence-electron chi connectivity index (χ2n) is 2.71. The van der Waals surface area contributed by atoms with Gasteiger partial charge in [-0.15, -0.1) is 0 Å². The summed E-state index contributed by atoms with van der Waals surface area (Å²) < 4.78 is -0.299. The molecule has 0 fully saturated rings. The van der Waals surface area contributed by atoms with Crippen LogP contribution in [0.3, 0.4) is 0 Å². The summed E-state index contributed by atoms with van der Waals surface area (Å²) in [6.45, 7) is 0. The molecule has 1 aromatic rings. The minimum atomic E-state index is -0.973. The van der Waals surface area contributed by atoms with Crippen LogP contribution in [0.5, 0.6) is 0 Å². The van der Waals surface area contributed by atoms with Crippen molar-refractivity contribution in [2.45, 2.75) is 0 Å². The molecule has 0 aliphatic carbocycles. The van der Waals surface area contributed by atoms with E-state index in [-0.39, 0.29) is 10.0 Å². The van der Waals surface area contributed by atoms with Gasteiger partial charge in [0.25, 0.3) is 11.4 Å². The second kappa shape index (κ2) is 4.23. The van der Waals surface area contributed by atoms with Crippen LogP contribution in [0.2, 0.25) is 0 Å². The highest BCUT2D eigenvalue weighted by molar-refractivity contribution is 9.10. The zero-order valence-electron chi connectivity index (χ0n) is 7.55. The maximum absolute atomic E-state index is 10.8. The van der Waals surface area contributed by atoms with E-state index in [0.717, 1.165) is 12.1 Å². The van der Waals surface area contributed by atoms with Crippen LogP contribution in [0.15, 0.2) is 16.6 Å². The van der Waals surface area contributed by atoms with Crippen LogP contribution in [-0.2, 0) is 0 Å². The van der Waals surface area contributed by atoms with Crippen molar-refractivity contribution in [1.29, 1.82) is 0 Å². The summed E-state index contributed by atoms with van der Waals surface area (Å²) in [6, 6.07) is 1.75. The van der Waals surface area contributed by atoms with Crippen LogP contribution in [0, 0.1) is 20.2 Å². The summed E-state index contributed by atoms with van der Waals surface area (Å²) >= 11 is 2.73. The van der Waals surface area contributed by atoms with Gasteiger partial charge in [-0.2, -0.15) is 0 Å². The van der Waals surface area contributed by atoms with Crippen molar-refractivity contribution in [3.05, 3.63) is 42.4 Å². The first-order valence-electron chi connectivity index (χ1n) is 3.76. The van der Waals surface area contributed by atoms with Crippen LogP contribution in [0.1, 0.15) is 10.4 Å². The van der Waals surface area contributed by atoms with Crippen molar-refractivity contribution in [2.75, 3.05) is 0 Å². The number of nitrogens with two attached hydrogens (primary N) is 1. The molecule has 8 nitrogen and oxygen atoms in total. The van der Waals surface area contributed by atoms with Gasteiger partial charge < -0.3 is 5.73 Å². The molecule has 0 saturated heterocycles. The lowest BCUT2D eigenvalue weighted by molar-refractivity contribution is -0.395. The Kier molecular flexibility index (Phi) is 3.18. The Balaban J connectivity index is 3.57. The summed E-state index contributed by atoms with van der Waals surface area (Å²) in [6.07, 6.45) is 0. The van der Waals surface area contributed by atoms with Gasteiger partial charge >= 0.3 is 0 Å². The molecule has 1 rings (SSSR count). The Morgan fingerprint density at radius 3 is 1.81 bits per heavy atom. The number of carbonyl (C=O) groups is 1. The number of carbonyl (C=O) groups excluding carboxylic acids is 1. The summed E-state index contributed by atoms with van der Waals surface area (Å²) in [5.41, 5.74) is 3.45. The number of hydrogen-bond donors (Lipinski definition) is 1. The predicted octanol–water partition coefficient (Wildman–Crippen LogP) is 1.36. The Hall–Kier alpha value is -2.03. The van der Waals surface area contributed by atoms with Crippen molar-refractivity contribution < 1.29 is 14.6 Å². The SMILES string of the molecule is NC(=O)c1cc([N+](=O)[O-])c(Br)c([N+](=O)[O-])c1. The average molecular weight is 290 g/mol. The Bertz CT molecular complexity index is 466. The van der Waals surface area contributed by atoms with Gasteiger partial charge in [-0.3, -0.25) is 25.0 Å². The topological polar surface area (TPSA) is 129 Å². The molecule has 2 N–H and O–H groups in total. The third kappa shape index (κ3) is 2.14. The van der Waals surface area contributed by atoms with E-state index in [9.17, 15) is 25.0 Å². The summed E-state index contributed by atoms with van der Waals surface area (Å²) in [7, 11) is 0. The largest absolute Gasteiger partial charge is 0.366 e. The molecule has 1 aromatic carbocycles. The van der Waals surface area contributed by atoms with Gasteiger partial charge in [-0.25, -0.2) is 0 Å². The van der Waals surface area contributed by atoms with Crippen molar-refractivity contribution >= 4 is 33.2 Å². The van der Waals surface area contributed by atoms with Gasteiger partial charge in [-0.1, -0.05) is 0 Å². The molecule has 0 radical (unpaired) electrons. The normalized spacial score (nSPS) is 9.81. The molecule has 84 valence electrons. The molecule has 0 bridgehead atoms. The average Bonchev–Trinajstić information content (AvgIpc) is 2.16. The number of primary amides is 1. The third-order valence-electron chi connectivity index (χ3n) is 1.71. The van der Waals surface area contributed by atoms with Gasteiger partial charge in [0.05, 0.1) is 15.4 Å². The number of benzene rings is 1. The van der Waals surface area contributed by atoms with E-state index in [2.05, 4.69) is 15.9 Å². The molecule has 9 heteroatoms. The van der Waals surface area contributed by atoms with Gasteiger partial charge in [0, 0.05) is 12.1 Å². The molecule has 0 aliphatic rings.